The lowest BCUT2D eigenvalue weighted by atomic mass is 9.68. The molecule has 74 heavy (non-hydrogen) atoms. The molecule has 2 spiro atoms. The molecule has 11 aromatic carbocycles. The van der Waals surface area contributed by atoms with Gasteiger partial charge in [-0.1, -0.05) is 180 Å². The third-order valence-electron chi connectivity index (χ3n) is 17.0. The number of anilines is 6. The van der Waals surface area contributed by atoms with E-state index in [1.165, 1.54) is 111 Å². The number of aryl methyl sites for hydroxylation is 4. The topological polar surface area (TPSA) is 6.48 Å². The summed E-state index contributed by atoms with van der Waals surface area (Å²) in [7, 11) is 0. The predicted octanol–water partition coefficient (Wildman–Crippen LogP) is 18.5. The van der Waals surface area contributed by atoms with Crippen molar-refractivity contribution in [1.82, 2.24) is 0 Å². The van der Waals surface area contributed by atoms with Gasteiger partial charge < -0.3 is 9.80 Å². The average molecular weight is 945 g/mol. The van der Waals surface area contributed by atoms with Gasteiger partial charge >= 0.3 is 0 Å². The van der Waals surface area contributed by atoms with Gasteiger partial charge in [-0.3, -0.25) is 0 Å². The van der Waals surface area contributed by atoms with Crippen LogP contribution in [-0.2, 0) is 10.8 Å². The summed E-state index contributed by atoms with van der Waals surface area (Å²) in [6.45, 7) is 8.66. The summed E-state index contributed by atoms with van der Waals surface area (Å²) < 4.78 is 0. The second-order valence-corrected chi connectivity index (χ2v) is 21.1. The van der Waals surface area contributed by atoms with E-state index >= 15 is 0 Å². The van der Waals surface area contributed by atoms with E-state index in [4.69, 9.17) is 0 Å². The Balaban J connectivity index is 1.03. The van der Waals surface area contributed by atoms with E-state index in [0.29, 0.717) is 0 Å². The van der Waals surface area contributed by atoms with Gasteiger partial charge in [0.25, 0.3) is 0 Å². The number of benzene rings is 11. The Morgan fingerprint density at radius 1 is 0.203 bits per heavy atom. The van der Waals surface area contributed by atoms with Crippen molar-refractivity contribution >= 4 is 34.1 Å². The molecule has 0 N–H and O–H groups in total. The summed E-state index contributed by atoms with van der Waals surface area (Å²) in [6.07, 6.45) is 0. The molecule has 2 heteroatoms. The van der Waals surface area contributed by atoms with Crippen LogP contribution >= 0.6 is 0 Å². The van der Waals surface area contributed by atoms with E-state index < -0.39 is 10.8 Å². The molecule has 4 aliphatic rings. The van der Waals surface area contributed by atoms with Crippen LogP contribution in [0, 0.1) is 27.7 Å². The molecular formula is C72H52N2. The quantitative estimate of drug-likeness (QED) is 0.164. The first kappa shape index (κ1) is 42.7. The largest absolute Gasteiger partial charge is 0.310 e. The molecule has 0 aliphatic heterocycles. The summed E-state index contributed by atoms with van der Waals surface area (Å²) in [4.78, 5) is 4.88. The van der Waals surface area contributed by atoms with E-state index in [1.807, 2.05) is 0 Å². The SMILES string of the molecule is Cc1ccc(N(c2ccc(C)cc2)c2ccc3c(c2)C2(c4ccccc4-c4ccccc42)c2cc4c(cc2-3)C2(c3ccccc3-c3ccccc32)c2cc(N(c3ccc(C)cc3)c3ccc(C)cc3)ccc2-4)cc1. The lowest BCUT2D eigenvalue weighted by molar-refractivity contribution is 0.783. The summed E-state index contributed by atoms with van der Waals surface area (Å²) in [5.41, 5.74) is 31.6. The highest BCUT2D eigenvalue weighted by molar-refractivity contribution is 6.02. The van der Waals surface area contributed by atoms with E-state index in [1.54, 1.807) is 0 Å². The first-order valence-corrected chi connectivity index (χ1v) is 26.1. The molecule has 0 radical (unpaired) electrons. The molecule has 0 fully saturated rings. The van der Waals surface area contributed by atoms with Crippen molar-refractivity contribution in [3.8, 4) is 44.5 Å². The van der Waals surface area contributed by atoms with Crippen molar-refractivity contribution in [2.75, 3.05) is 9.80 Å². The second-order valence-electron chi connectivity index (χ2n) is 21.1. The molecule has 0 unspecified atom stereocenters. The Bertz CT molecular complexity index is 3650. The Morgan fingerprint density at radius 2 is 0.432 bits per heavy atom. The summed E-state index contributed by atoms with van der Waals surface area (Å²) >= 11 is 0. The molecule has 0 saturated carbocycles. The zero-order valence-electron chi connectivity index (χ0n) is 42.0. The zero-order chi connectivity index (χ0) is 49.5. The minimum absolute atomic E-state index is 0.579. The highest BCUT2D eigenvalue weighted by atomic mass is 15.1. The minimum Gasteiger partial charge on any atom is -0.310 e. The third-order valence-corrected chi connectivity index (χ3v) is 17.0. The molecule has 15 rings (SSSR count). The first-order chi connectivity index (χ1) is 36.3. The third kappa shape index (κ3) is 5.77. The Hall–Kier alpha value is -8.98. The number of nitrogens with zero attached hydrogens (tertiary/aromatic N) is 2. The van der Waals surface area contributed by atoms with Gasteiger partial charge in [0.15, 0.2) is 0 Å². The summed E-state index contributed by atoms with van der Waals surface area (Å²) in [6, 6.07) is 92.7. The van der Waals surface area contributed by atoms with Crippen LogP contribution in [-0.4, -0.2) is 0 Å². The molecule has 0 bridgehead atoms. The highest BCUT2D eigenvalue weighted by Crippen LogP contribution is 2.68. The van der Waals surface area contributed by atoms with Crippen LogP contribution in [0.3, 0.4) is 0 Å². The van der Waals surface area contributed by atoms with Crippen molar-refractivity contribution in [2.45, 2.75) is 38.5 Å². The molecule has 4 aliphatic carbocycles. The smallest absolute Gasteiger partial charge is 0.0726 e. The van der Waals surface area contributed by atoms with Crippen molar-refractivity contribution in [1.29, 1.82) is 0 Å². The van der Waals surface area contributed by atoms with Crippen molar-refractivity contribution in [3.63, 3.8) is 0 Å². The number of hydrogen-bond acceptors (Lipinski definition) is 2. The highest BCUT2D eigenvalue weighted by Gasteiger charge is 2.56. The molecule has 11 aromatic rings. The Labute approximate surface area is 434 Å². The van der Waals surface area contributed by atoms with Gasteiger partial charge in [0.2, 0.25) is 0 Å². The van der Waals surface area contributed by atoms with E-state index in [-0.39, 0.29) is 0 Å². The number of rotatable bonds is 6. The van der Waals surface area contributed by atoms with Crippen LogP contribution in [0.5, 0.6) is 0 Å². The fourth-order valence-corrected chi connectivity index (χ4v) is 13.7. The van der Waals surface area contributed by atoms with Gasteiger partial charge in [0.05, 0.1) is 10.8 Å². The Kier molecular flexibility index (Phi) is 9.09. The zero-order valence-corrected chi connectivity index (χ0v) is 42.0. The summed E-state index contributed by atoms with van der Waals surface area (Å²) in [5.74, 6) is 0. The van der Waals surface area contributed by atoms with Gasteiger partial charge in [0, 0.05) is 34.1 Å². The van der Waals surface area contributed by atoms with E-state index in [2.05, 4.69) is 280 Å². The maximum absolute atomic E-state index is 2.63. The number of hydrogen-bond donors (Lipinski definition) is 0. The fraction of sp³-hybridized carbons (Fsp3) is 0.0833. The lowest BCUT2D eigenvalue weighted by Crippen LogP contribution is -2.27. The minimum atomic E-state index is -0.579. The summed E-state index contributed by atoms with van der Waals surface area (Å²) in [5, 5.41) is 0. The van der Waals surface area contributed by atoms with Crippen LogP contribution in [0.4, 0.5) is 34.1 Å². The molecule has 0 amide bonds. The average Bonchev–Trinajstić information content (AvgIpc) is 4.15. The van der Waals surface area contributed by atoms with Gasteiger partial charge in [-0.15, -0.1) is 0 Å². The van der Waals surface area contributed by atoms with E-state index in [0.717, 1.165) is 34.1 Å². The van der Waals surface area contributed by atoms with Crippen LogP contribution < -0.4 is 9.80 Å². The monoisotopic (exact) mass is 944 g/mol. The molecule has 0 heterocycles. The van der Waals surface area contributed by atoms with Crippen molar-refractivity contribution in [2.24, 2.45) is 0 Å². The van der Waals surface area contributed by atoms with Gasteiger partial charge in [-0.2, -0.15) is 0 Å². The van der Waals surface area contributed by atoms with Gasteiger partial charge in [-0.05, 0) is 202 Å². The first-order valence-electron chi connectivity index (χ1n) is 26.1. The molecule has 0 saturated heterocycles. The molecule has 0 aromatic heterocycles. The van der Waals surface area contributed by atoms with Crippen molar-refractivity contribution in [3.05, 3.63) is 309 Å². The van der Waals surface area contributed by atoms with Gasteiger partial charge in [0.1, 0.15) is 0 Å². The van der Waals surface area contributed by atoms with Crippen molar-refractivity contribution < 1.29 is 0 Å². The maximum atomic E-state index is 2.63. The molecular weight excluding hydrogens is 893 g/mol. The van der Waals surface area contributed by atoms with Crippen LogP contribution in [0.1, 0.15) is 66.8 Å². The van der Waals surface area contributed by atoms with Crippen LogP contribution in [0.2, 0.25) is 0 Å². The molecule has 350 valence electrons. The molecule has 2 nitrogen and oxygen atoms in total. The standard InChI is InChI=1S/C72H52N2/c1-45-21-29-49(30-22-45)73(50-31-23-46(2)24-32-50)53-37-39-59-61-43-70-62(44-69(61)71(67(59)41-53)63-17-9-5-13-55(63)56-14-6-10-18-64(56)71)60-40-38-54(74(51-33-25-47(3)26-34-51)52-35-27-48(4)28-36-52)42-68(60)72(70)65-19-11-7-15-57(65)58-16-8-12-20-66(58)72/h5-44H,1-4H3. The molecule has 0 atom stereocenters. The van der Waals surface area contributed by atoms with Crippen LogP contribution in [0.15, 0.2) is 243 Å². The second kappa shape index (κ2) is 15.8. The normalized spacial score (nSPS) is 13.9. The predicted molar refractivity (Wildman–Crippen MR) is 307 cm³/mol. The maximum Gasteiger partial charge on any atom is 0.0726 e. The number of fused-ring (bicyclic) bond motifs is 20. The van der Waals surface area contributed by atoms with Gasteiger partial charge in [-0.25, -0.2) is 0 Å². The van der Waals surface area contributed by atoms with E-state index in [9.17, 15) is 0 Å². The Morgan fingerprint density at radius 3 is 0.716 bits per heavy atom. The van der Waals surface area contributed by atoms with Crippen LogP contribution in [0.25, 0.3) is 44.5 Å². The lowest BCUT2D eigenvalue weighted by Gasteiger charge is -2.33. The fourth-order valence-electron chi connectivity index (χ4n) is 13.7.